The fourth-order valence-corrected chi connectivity index (χ4v) is 1.76. The molecule has 1 heterocycles. The molecule has 2 rings (SSSR count). The molecule has 1 amide bonds. The van der Waals surface area contributed by atoms with Crippen molar-refractivity contribution in [2.45, 2.75) is 0 Å². The van der Waals surface area contributed by atoms with Crippen molar-refractivity contribution in [2.24, 2.45) is 0 Å². The number of aromatic nitrogens is 1. The molecule has 0 bridgehead atoms. The van der Waals surface area contributed by atoms with E-state index >= 15 is 0 Å². The summed E-state index contributed by atoms with van der Waals surface area (Å²) in [6.45, 7) is 0. The molecule has 0 spiro atoms. The van der Waals surface area contributed by atoms with Crippen LogP contribution in [0.1, 0.15) is 0 Å². The van der Waals surface area contributed by atoms with Crippen LogP contribution >= 0.6 is 11.5 Å². The van der Waals surface area contributed by atoms with E-state index in [1.165, 1.54) is 11.5 Å². The highest BCUT2D eigenvalue weighted by Gasteiger charge is 2.02. The summed E-state index contributed by atoms with van der Waals surface area (Å²) in [5.74, 6) is 0.589. The molecule has 12 heavy (non-hydrogen) atoms. The van der Waals surface area contributed by atoms with Gasteiger partial charge in [0.1, 0.15) is 0 Å². The Morgan fingerprint density at radius 2 is 2.25 bits per heavy atom. The average Bonchev–Trinajstić information content (AvgIpc) is 2.50. The molecular weight excluding hydrogens is 172 g/mol. The van der Waals surface area contributed by atoms with Gasteiger partial charge in [-0.25, -0.2) is 0 Å². The third-order valence-corrected chi connectivity index (χ3v) is 2.37. The maximum Gasteiger partial charge on any atom is 0.315 e. The van der Waals surface area contributed by atoms with Crippen LogP contribution in [0.5, 0.6) is 0 Å². The third kappa shape index (κ3) is 1.06. The molecule has 1 radical (unpaired) electrons. The lowest BCUT2D eigenvalue weighted by Gasteiger charge is -1.90. The van der Waals surface area contributed by atoms with Gasteiger partial charge < -0.3 is 5.32 Å². The van der Waals surface area contributed by atoms with Gasteiger partial charge in [0.05, 0.1) is 4.70 Å². The lowest BCUT2D eigenvalue weighted by molar-refractivity contribution is 0.561. The van der Waals surface area contributed by atoms with Crippen LogP contribution in [0.4, 0.5) is 5.82 Å². The molecule has 4 heteroatoms. The second kappa shape index (κ2) is 2.91. The summed E-state index contributed by atoms with van der Waals surface area (Å²) in [7, 11) is 0. The SMILES string of the molecule is O=[C]Nc1nsc2ccccc12. The number of carbonyl (C=O) groups excluding carboxylic acids is 1. The Kier molecular flexibility index (Phi) is 1.75. The van der Waals surface area contributed by atoms with Crippen LogP contribution in [-0.4, -0.2) is 10.8 Å². The van der Waals surface area contributed by atoms with Gasteiger partial charge in [0.2, 0.25) is 0 Å². The predicted molar refractivity (Wildman–Crippen MR) is 48.9 cm³/mol. The predicted octanol–water partition coefficient (Wildman–Crippen LogP) is 1.78. The van der Waals surface area contributed by atoms with Crippen molar-refractivity contribution >= 4 is 33.8 Å². The molecule has 0 fully saturated rings. The van der Waals surface area contributed by atoms with Gasteiger partial charge in [0.25, 0.3) is 0 Å². The van der Waals surface area contributed by atoms with Crippen LogP contribution < -0.4 is 5.32 Å². The minimum atomic E-state index is 0.589. The molecule has 2 aromatic rings. The number of anilines is 1. The van der Waals surface area contributed by atoms with E-state index in [1.54, 1.807) is 6.41 Å². The van der Waals surface area contributed by atoms with Crippen molar-refractivity contribution in [3.8, 4) is 0 Å². The smallest absolute Gasteiger partial charge is 0.301 e. The first-order chi connectivity index (χ1) is 5.92. The summed E-state index contributed by atoms with van der Waals surface area (Å²) in [5.41, 5.74) is 0. The molecule has 0 atom stereocenters. The molecule has 0 saturated heterocycles. The van der Waals surface area contributed by atoms with Gasteiger partial charge in [-0.05, 0) is 23.7 Å². The van der Waals surface area contributed by atoms with Gasteiger partial charge in [0.15, 0.2) is 5.82 Å². The normalized spacial score (nSPS) is 10.0. The maximum absolute atomic E-state index is 10.0. The first kappa shape index (κ1) is 7.24. The Labute approximate surface area is 73.2 Å². The Balaban J connectivity index is 2.62. The molecule has 0 saturated carbocycles. The lowest BCUT2D eigenvalue weighted by atomic mass is 10.3. The van der Waals surface area contributed by atoms with Crippen molar-refractivity contribution < 1.29 is 4.79 Å². The van der Waals surface area contributed by atoms with E-state index in [9.17, 15) is 4.79 Å². The second-order valence-electron chi connectivity index (χ2n) is 2.25. The van der Waals surface area contributed by atoms with Crippen LogP contribution in [0.2, 0.25) is 0 Å². The highest BCUT2D eigenvalue weighted by molar-refractivity contribution is 7.13. The Morgan fingerprint density at radius 3 is 3.08 bits per heavy atom. The van der Waals surface area contributed by atoms with Crippen LogP contribution in [0, 0.1) is 0 Å². The number of fused-ring (bicyclic) bond motifs is 1. The molecule has 59 valence electrons. The van der Waals surface area contributed by atoms with Gasteiger partial charge >= 0.3 is 6.41 Å². The molecule has 3 nitrogen and oxygen atoms in total. The largest absolute Gasteiger partial charge is 0.315 e. The quantitative estimate of drug-likeness (QED) is 0.710. The zero-order valence-corrected chi connectivity index (χ0v) is 6.89. The average molecular weight is 177 g/mol. The molecule has 0 unspecified atom stereocenters. The zero-order valence-electron chi connectivity index (χ0n) is 6.07. The van der Waals surface area contributed by atoms with Gasteiger partial charge in [-0.2, -0.15) is 4.37 Å². The van der Waals surface area contributed by atoms with Gasteiger partial charge in [-0.15, -0.1) is 0 Å². The second-order valence-corrected chi connectivity index (χ2v) is 3.06. The van der Waals surface area contributed by atoms with E-state index in [4.69, 9.17) is 0 Å². The van der Waals surface area contributed by atoms with E-state index in [1.807, 2.05) is 24.3 Å². The Hall–Kier alpha value is -1.42. The number of rotatable bonds is 2. The molecule has 0 aliphatic heterocycles. The number of nitrogens with zero attached hydrogens (tertiary/aromatic N) is 1. The number of amides is 1. The number of hydrogen-bond acceptors (Lipinski definition) is 3. The summed E-state index contributed by atoms with van der Waals surface area (Å²) in [5, 5.41) is 3.39. The van der Waals surface area contributed by atoms with Gasteiger partial charge in [0, 0.05) is 5.39 Å². The van der Waals surface area contributed by atoms with Crippen molar-refractivity contribution in [1.82, 2.24) is 4.37 Å². The third-order valence-electron chi connectivity index (χ3n) is 1.55. The van der Waals surface area contributed by atoms with Crippen molar-refractivity contribution in [3.05, 3.63) is 24.3 Å². The number of benzene rings is 1. The first-order valence-corrected chi connectivity index (χ1v) is 4.17. The summed E-state index contributed by atoms with van der Waals surface area (Å²) in [6, 6.07) is 7.73. The van der Waals surface area contributed by atoms with Crippen LogP contribution in [0.15, 0.2) is 24.3 Å². The summed E-state index contributed by atoms with van der Waals surface area (Å²) >= 11 is 1.36. The molecule has 1 aromatic carbocycles. The number of hydrogen-bond donors (Lipinski definition) is 1. The van der Waals surface area contributed by atoms with E-state index in [0.717, 1.165) is 10.1 Å². The molecule has 1 N–H and O–H groups in total. The van der Waals surface area contributed by atoms with E-state index in [0.29, 0.717) is 5.82 Å². The minimum Gasteiger partial charge on any atom is -0.301 e. The first-order valence-electron chi connectivity index (χ1n) is 3.39. The Bertz CT molecular complexity index is 410. The standard InChI is InChI=1S/C8H5N2OS/c11-5-9-8-6-3-1-2-4-7(6)12-10-8/h1-4H,(H,9,10,11). The molecular formula is C8H5N2OS. The van der Waals surface area contributed by atoms with E-state index < -0.39 is 0 Å². The van der Waals surface area contributed by atoms with Crippen molar-refractivity contribution in [3.63, 3.8) is 0 Å². The highest BCUT2D eigenvalue weighted by atomic mass is 32.1. The zero-order chi connectivity index (χ0) is 8.39. The molecule has 0 aliphatic carbocycles. The number of nitrogens with one attached hydrogen (secondary N) is 1. The fourth-order valence-electron chi connectivity index (χ4n) is 1.02. The monoisotopic (exact) mass is 177 g/mol. The Morgan fingerprint density at radius 1 is 1.42 bits per heavy atom. The highest BCUT2D eigenvalue weighted by Crippen LogP contribution is 2.25. The summed E-state index contributed by atoms with van der Waals surface area (Å²) in [6.07, 6.45) is 1.61. The van der Waals surface area contributed by atoms with Crippen molar-refractivity contribution in [2.75, 3.05) is 5.32 Å². The topological polar surface area (TPSA) is 42.0 Å². The molecule has 1 aromatic heterocycles. The fraction of sp³-hybridized carbons (Fsp3) is 0. The van der Waals surface area contributed by atoms with Crippen LogP contribution in [0.25, 0.3) is 10.1 Å². The summed E-state index contributed by atoms with van der Waals surface area (Å²) < 4.78 is 5.12. The maximum atomic E-state index is 10.0. The lowest BCUT2D eigenvalue weighted by Crippen LogP contribution is -1.92. The van der Waals surface area contributed by atoms with E-state index in [2.05, 4.69) is 9.69 Å². The summed E-state index contributed by atoms with van der Waals surface area (Å²) in [4.78, 5) is 10.0. The molecule has 0 aliphatic rings. The van der Waals surface area contributed by atoms with Gasteiger partial charge in [-0.1, -0.05) is 12.1 Å². The van der Waals surface area contributed by atoms with Crippen molar-refractivity contribution in [1.29, 1.82) is 0 Å². The van der Waals surface area contributed by atoms with E-state index in [-0.39, 0.29) is 0 Å². The van der Waals surface area contributed by atoms with Gasteiger partial charge in [-0.3, -0.25) is 4.79 Å². The van der Waals surface area contributed by atoms with Crippen LogP contribution in [0.3, 0.4) is 0 Å². The minimum absolute atomic E-state index is 0.589. The van der Waals surface area contributed by atoms with Crippen LogP contribution in [-0.2, 0) is 4.79 Å².